The first-order chi connectivity index (χ1) is 8.77. The van der Waals surface area contributed by atoms with Gasteiger partial charge in [-0.15, -0.1) is 0 Å². The third-order valence-electron chi connectivity index (χ3n) is 3.19. The number of piperidine rings is 1. The molecule has 0 aliphatic carbocycles. The molecule has 1 aliphatic heterocycles. The van der Waals surface area contributed by atoms with E-state index in [0.717, 1.165) is 25.7 Å². The van der Waals surface area contributed by atoms with E-state index in [4.69, 9.17) is 4.74 Å². The summed E-state index contributed by atoms with van der Waals surface area (Å²) in [4.78, 5) is 4.97. The van der Waals surface area contributed by atoms with Gasteiger partial charge in [-0.1, -0.05) is 34.6 Å². The molecule has 0 aromatic carbocycles. The van der Waals surface area contributed by atoms with E-state index in [0.29, 0.717) is 0 Å². The van der Waals surface area contributed by atoms with E-state index in [9.17, 15) is 0 Å². The van der Waals surface area contributed by atoms with Gasteiger partial charge >= 0.3 is 0 Å². The van der Waals surface area contributed by atoms with E-state index in [1.807, 2.05) is 27.7 Å². The van der Waals surface area contributed by atoms with Crippen molar-refractivity contribution in [3.8, 4) is 0 Å². The lowest BCUT2D eigenvalue weighted by molar-refractivity contribution is 0.0897. The molecule has 0 spiro atoms. The zero-order chi connectivity index (χ0) is 14.4. The molecule has 1 rings (SSSR count). The number of nitrogens with zero attached hydrogens (tertiary/aromatic N) is 2. The van der Waals surface area contributed by atoms with Crippen LogP contribution in [-0.2, 0) is 4.74 Å². The maximum Gasteiger partial charge on any atom is 0.0589 e. The molecule has 1 saturated heterocycles. The maximum atomic E-state index is 5.13. The number of likely N-dealkylation sites (N-methyl/N-ethyl adjacent to an activating group) is 1. The van der Waals surface area contributed by atoms with E-state index in [2.05, 4.69) is 23.8 Å². The second kappa shape index (κ2) is 14.9. The van der Waals surface area contributed by atoms with Crippen LogP contribution < -0.4 is 0 Å². The summed E-state index contributed by atoms with van der Waals surface area (Å²) < 4.78 is 5.13. The zero-order valence-electron chi connectivity index (χ0n) is 13.8. The summed E-state index contributed by atoms with van der Waals surface area (Å²) in [5.41, 5.74) is 0. The quantitative estimate of drug-likeness (QED) is 0.755. The van der Waals surface area contributed by atoms with E-state index in [1.165, 1.54) is 25.9 Å². The molecule has 112 valence electrons. The Bertz CT molecular complexity index is 143. The summed E-state index contributed by atoms with van der Waals surface area (Å²) in [6.45, 7) is 15.8. The van der Waals surface area contributed by atoms with Gasteiger partial charge in [0, 0.05) is 19.7 Å². The average molecular weight is 260 g/mol. The summed E-state index contributed by atoms with van der Waals surface area (Å²) in [6, 6.07) is 0.784. The second-order valence-corrected chi connectivity index (χ2v) is 4.16. The fraction of sp³-hybridized carbons (Fsp3) is 1.00. The van der Waals surface area contributed by atoms with Crippen LogP contribution in [0.15, 0.2) is 0 Å². The Labute approximate surface area is 115 Å². The molecule has 18 heavy (non-hydrogen) atoms. The van der Waals surface area contributed by atoms with Crippen LogP contribution in [0, 0.1) is 0 Å². The first kappa shape index (κ1) is 20.2. The van der Waals surface area contributed by atoms with Crippen molar-refractivity contribution in [1.82, 2.24) is 9.80 Å². The topological polar surface area (TPSA) is 15.7 Å². The normalized spacial score (nSPS) is 16.7. The van der Waals surface area contributed by atoms with Gasteiger partial charge < -0.3 is 9.64 Å². The summed E-state index contributed by atoms with van der Waals surface area (Å²) in [5.74, 6) is 0. The van der Waals surface area contributed by atoms with Gasteiger partial charge in [0.05, 0.1) is 6.61 Å². The van der Waals surface area contributed by atoms with E-state index in [-0.39, 0.29) is 0 Å². The predicted octanol–water partition coefficient (Wildman–Crippen LogP) is 3.10. The lowest BCUT2D eigenvalue weighted by Crippen LogP contribution is -2.44. The molecule has 0 amide bonds. The van der Waals surface area contributed by atoms with Gasteiger partial charge in [0.2, 0.25) is 0 Å². The zero-order valence-corrected chi connectivity index (χ0v) is 13.8. The monoisotopic (exact) mass is 260 g/mol. The summed E-state index contributed by atoms with van der Waals surface area (Å²) in [5, 5.41) is 0. The minimum Gasteiger partial charge on any atom is -0.383 e. The SMILES string of the molecule is CC.CC.CCN(CCOC)C1CCN(C)CC1. The largest absolute Gasteiger partial charge is 0.383 e. The third-order valence-corrected chi connectivity index (χ3v) is 3.19. The smallest absolute Gasteiger partial charge is 0.0589 e. The number of ether oxygens (including phenoxy) is 1. The Morgan fingerprint density at radius 2 is 1.61 bits per heavy atom. The molecule has 0 unspecified atom stereocenters. The van der Waals surface area contributed by atoms with Crippen molar-refractivity contribution in [2.24, 2.45) is 0 Å². The van der Waals surface area contributed by atoms with Gasteiger partial charge in [0.1, 0.15) is 0 Å². The molecule has 3 nitrogen and oxygen atoms in total. The van der Waals surface area contributed by atoms with Crippen molar-refractivity contribution in [3.05, 3.63) is 0 Å². The van der Waals surface area contributed by atoms with Crippen molar-refractivity contribution < 1.29 is 4.74 Å². The average Bonchev–Trinajstić information content (AvgIpc) is 2.46. The third kappa shape index (κ3) is 8.90. The van der Waals surface area contributed by atoms with Crippen molar-refractivity contribution in [2.75, 3.05) is 46.9 Å². The maximum absolute atomic E-state index is 5.13. The minimum absolute atomic E-state index is 0.784. The molecule has 1 aliphatic rings. The van der Waals surface area contributed by atoms with Crippen LogP contribution in [0.5, 0.6) is 0 Å². The molecule has 0 atom stereocenters. The minimum atomic E-state index is 0.784. The fourth-order valence-corrected chi connectivity index (χ4v) is 2.17. The highest BCUT2D eigenvalue weighted by molar-refractivity contribution is 4.77. The summed E-state index contributed by atoms with van der Waals surface area (Å²) >= 11 is 0. The highest BCUT2D eigenvalue weighted by Crippen LogP contribution is 2.14. The molecule has 3 heteroatoms. The van der Waals surface area contributed by atoms with Gasteiger partial charge in [0.25, 0.3) is 0 Å². The molecule has 0 aromatic heterocycles. The summed E-state index contributed by atoms with van der Waals surface area (Å²) in [6.07, 6.45) is 2.63. The highest BCUT2D eigenvalue weighted by Gasteiger charge is 2.21. The molecular formula is C15H36N2O. The van der Waals surface area contributed by atoms with Gasteiger partial charge in [-0.3, -0.25) is 4.90 Å². The van der Waals surface area contributed by atoms with Gasteiger partial charge in [-0.2, -0.15) is 0 Å². The van der Waals surface area contributed by atoms with Crippen molar-refractivity contribution in [3.63, 3.8) is 0 Å². The van der Waals surface area contributed by atoms with Crippen molar-refractivity contribution in [2.45, 2.75) is 53.5 Å². The molecule has 0 N–H and O–H groups in total. The van der Waals surface area contributed by atoms with Crippen LogP contribution in [0.2, 0.25) is 0 Å². The Morgan fingerprint density at radius 3 is 2.00 bits per heavy atom. The van der Waals surface area contributed by atoms with E-state index < -0.39 is 0 Å². The summed E-state index contributed by atoms with van der Waals surface area (Å²) in [7, 11) is 3.99. The number of hydrogen-bond acceptors (Lipinski definition) is 3. The van der Waals surface area contributed by atoms with E-state index >= 15 is 0 Å². The second-order valence-electron chi connectivity index (χ2n) is 4.16. The van der Waals surface area contributed by atoms with Crippen LogP contribution >= 0.6 is 0 Å². The number of methoxy groups -OCH3 is 1. The molecule has 0 aromatic rings. The molecule has 1 heterocycles. The number of likely N-dealkylation sites (tertiary alicyclic amines) is 1. The first-order valence-corrected chi connectivity index (χ1v) is 7.69. The Kier molecular flexibility index (Phi) is 16.8. The van der Waals surface area contributed by atoms with Crippen LogP contribution in [-0.4, -0.2) is 62.8 Å². The van der Waals surface area contributed by atoms with Gasteiger partial charge in [0.15, 0.2) is 0 Å². The van der Waals surface area contributed by atoms with Gasteiger partial charge in [-0.05, 0) is 39.5 Å². The Hall–Kier alpha value is -0.120. The van der Waals surface area contributed by atoms with Crippen molar-refractivity contribution >= 4 is 0 Å². The van der Waals surface area contributed by atoms with Crippen LogP contribution in [0.3, 0.4) is 0 Å². The van der Waals surface area contributed by atoms with E-state index in [1.54, 1.807) is 7.11 Å². The van der Waals surface area contributed by atoms with Crippen LogP contribution in [0.1, 0.15) is 47.5 Å². The Morgan fingerprint density at radius 1 is 1.11 bits per heavy atom. The van der Waals surface area contributed by atoms with Crippen molar-refractivity contribution in [1.29, 1.82) is 0 Å². The molecule has 1 fully saturated rings. The molecule has 0 bridgehead atoms. The number of hydrogen-bond donors (Lipinski definition) is 0. The fourth-order valence-electron chi connectivity index (χ4n) is 2.17. The Balaban J connectivity index is 0. The predicted molar refractivity (Wildman–Crippen MR) is 82.3 cm³/mol. The van der Waals surface area contributed by atoms with Crippen LogP contribution in [0.25, 0.3) is 0 Å². The highest BCUT2D eigenvalue weighted by atomic mass is 16.5. The van der Waals surface area contributed by atoms with Crippen LogP contribution in [0.4, 0.5) is 0 Å². The molecule has 0 saturated carbocycles. The standard InChI is InChI=1S/C11H24N2O.2C2H6/c1-4-13(9-10-14-3)11-5-7-12(2)8-6-11;2*1-2/h11H,4-10H2,1-3H3;2*1-2H3. The lowest BCUT2D eigenvalue weighted by atomic mass is 10.0. The lowest BCUT2D eigenvalue weighted by Gasteiger charge is -2.36. The molecule has 0 radical (unpaired) electrons. The van der Waals surface area contributed by atoms with Gasteiger partial charge in [-0.25, -0.2) is 0 Å². The number of rotatable bonds is 5. The first-order valence-electron chi connectivity index (χ1n) is 7.69. The molecular weight excluding hydrogens is 224 g/mol.